The number of hydrogen-bond acceptors (Lipinski definition) is 3. The minimum Gasteiger partial charge on any atom is -0.341 e. The van der Waals surface area contributed by atoms with Gasteiger partial charge in [0.2, 0.25) is 5.91 Å². The fourth-order valence-electron chi connectivity index (χ4n) is 3.60. The van der Waals surface area contributed by atoms with E-state index in [9.17, 15) is 4.79 Å². The van der Waals surface area contributed by atoms with E-state index in [-0.39, 0.29) is 12.0 Å². The van der Waals surface area contributed by atoms with E-state index in [4.69, 9.17) is 5.73 Å². The Labute approximate surface area is 117 Å². The second-order valence-electron chi connectivity index (χ2n) is 6.66. The third-order valence-electron chi connectivity index (χ3n) is 5.05. The lowest BCUT2D eigenvalue weighted by Gasteiger charge is -2.40. The van der Waals surface area contributed by atoms with Gasteiger partial charge in [0.05, 0.1) is 0 Å². The Balaban J connectivity index is 1.97. The molecule has 1 saturated heterocycles. The molecule has 0 aromatic carbocycles. The molecule has 1 amide bonds. The summed E-state index contributed by atoms with van der Waals surface area (Å²) in [5, 5.41) is 0. The molecule has 0 aromatic heterocycles. The summed E-state index contributed by atoms with van der Waals surface area (Å²) >= 11 is 0. The average Bonchev–Trinajstić information content (AvgIpc) is 2.40. The molecule has 4 atom stereocenters. The number of nitrogens with two attached hydrogens (primary N) is 1. The highest BCUT2D eigenvalue weighted by molar-refractivity contribution is 5.79. The van der Waals surface area contributed by atoms with E-state index in [1.54, 1.807) is 0 Å². The molecule has 0 bridgehead atoms. The summed E-state index contributed by atoms with van der Waals surface area (Å²) in [5.41, 5.74) is 6.05. The van der Waals surface area contributed by atoms with E-state index in [1.165, 1.54) is 6.42 Å². The van der Waals surface area contributed by atoms with E-state index in [0.717, 1.165) is 38.8 Å². The second-order valence-corrected chi connectivity index (χ2v) is 6.66. The minimum atomic E-state index is 0.140. The van der Waals surface area contributed by atoms with E-state index < -0.39 is 0 Å². The Kier molecular flexibility index (Phi) is 4.85. The molecular formula is C15H29N3O. The molecule has 4 heteroatoms. The molecule has 1 heterocycles. The van der Waals surface area contributed by atoms with Crippen molar-refractivity contribution in [1.29, 1.82) is 0 Å². The second kappa shape index (κ2) is 6.23. The quantitative estimate of drug-likeness (QED) is 0.820. The molecule has 19 heavy (non-hydrogen) atoms. The molecule has 4 nitrogen and oxygen atoms in total. The predicted molar refractivity (Wildman–Crippen MR) is 77.8 cm³/mol. The third-order valence-corrected chi connectivity index (χ3v) is 5.05. The van der Waals surface area contributed by atoms with Crippen LogP contribution >= 0.6 is 0 Å². The zero-order valence-electron chi connectivity index (χ0n) is 12.6. The fraction of sp³-hybridized carbons (Fsp3) is 0.933. The Morgan fingerprint density at radius 2 is 2.05 bits per heavy atom. The maximum Gasteiger partial charge on any atom is 0.226 e. The van der Waals surface area contributed by atoms with Gasteiger partial charge in [-0.3, -0.25) is 4.79 Å². The van der Waals surface area contributed by atoms with Crippen LogP contribution in [-0.4, -0.2) is 55.0 Å². The maximum absolute atomic E-state index is 12.7. The number of carbonyl (C=O) groups excluding carboxylic acids is 1. The van der Waals surface area contributed by atoms with Crippen molar-refractivity contribution in [3.8, 4) is 0 Å². The van der Waals surface area contributed by atoms with Gasteiger partial charge in [-0.05, 0) is 51.6 Å². The van der Waals surface area contributed by atoms with Crippen LogP contribution in [0.3, 0.4) is 0 Å². The zero-order chi connectivity index (χ0) is 14.0. The molecule has 4 unspecified atom stereocenters. The smallest absolute Gasteiger partial charge is 0.226 e. The standard InChI is InChI=1S/C15H29N3O/c1-11-6-7-12(16)9-14(11)15(19)18(3)13-5-4-8-17(2)10-13/h11-14H,4-10,16H2,1-3H3. The van der Waals surface area contributed by atoms with Crippen LogP contribution in [0.2, 0.25) is 0 Å². The number of rotatable bonds is 2. The van der Waals surface area contributed by atoms with Crippen molar-refractivity contribution in [2.45, 2.75) is 51.1 Å². The lowest BCUT2D eigenvalue weighted by atomic mass is 9.77. The van der Waals surface area contributed by atoms with Crippen LogP contribution in [0.4, 0.5) is 0 Å². The molecule has 0 radical (unpaired) electrons. The van der Waals surface area contributed by atoms with Crippen LogP contribution in [-0.2, 0) is 4.79 Å². The maximum atomic E-state index is 12.7. The molecule has 2 fully saturated rings. The van der Waals surface area contributed by atoms with E-state index in [0.29, 0.717) is 17.9 Å². The monoisotopic (exact) mass is 267 g/mol. The predicted octanol–water partition coefficient (Wildman–Crippen LogP) is 1.30. The first-order valence-corrected chi connectivity index (χ1v) is 7.69. The number of piperidine rings is 1. The third kappa shape index (κ3) is 3.48. The number of likely N-dealkylation sites (tertiary alicyclic amines) is 1. The van der Waals surface area contributed by atoms with Crippen molar-refractivity contribution in [3.63, 3.8) is 0 Å². The van der Waals surface area contributed by atoms with Gasteiger partial charge in [-0.1, -0.05) is 6.92 Å². The highest BCUT2D eigenvalue weighted by Crippen LogP contribution is 2.31. The molecule has 2 N–H and O–H groups in total. The fourth-order valence-corrected chi connectivity index (χ4v) is 3.60. The van der Waals surface area contributed by atoms with Gasteiger partial charge < -0.3 is 15.5 Å². The summed E-state index contributed by atoms with van der Waals surface area (Å²) in [6.07, 6.45) is 5.36. The van der Waals surface area contributed by atoms with Gasteiger partial charge in [-0.25, -0.2) is 0 Å². The average molecular weight is 267 g/mol. The Hall–Kier alpha value is -0.610. The molecule has 1 aliphatic heterocycles. The van der Waals surface area contributed by atoms with Gasteiger partial charge in [0.25, 0.3) is 0 Å². The van der Waals surface area contributed by atoms with Crippen molar-refractivity contribution in [2.24, 2.45) is 17.6 Å². The molecule has 110 valence electrons. The summed E-state index contributed by atoms with van der Waals surface area (Å²) in [6.45, 7) is 4.37. The molecule has 0 aromatic rings. The van der Waals surface area contributed by atoms with Crippen molar-refractivity contribution in [2.75, 3.05) is 27.2 Å². The lowest BCUT2D eigenvalue weighted by Crippen LogP contribution is -2.51. The first kappa shape index (κ1) is 14.8. The van der Waals surface area contributed by atoms with Crippen LogP contribution < -0.4 is 5.73 Å². The number of hydrogen-bond donors (Lipinski definition) is 1. The van der Waals surface area contributed by atoms with Crippen molar-refractivity contribution < 1.29 is 4.79 Å². The van der Waals surface area contributed by atoms with E-state index in [2.05, 4.69) is 18.9 Å². The van der Waals surface area contributed by atoms with Crippen LogP contribution in [0.5, 0.6) is 0 Å². The van der Waals surface area contributed by atoms with Crippen molar-refractivity contribution >= 4 is 5.91 Å². The highest BCUT2D eigenvalue weighted by atomic mass is 16.2. The van der Waals surface area contributed by atoms with E-state index >= 15 is 0 Å². The molecule has 2 rings (SSSR count). The number of likely N-dealkylation sites (N-methyl/N-ethyl adjacent to an activating group) is 2. The van der Waals surface area contributed by atoms with E-state index in [1.807, 2.05) is 11.9 Å². The summed E-state index contributed by atoms with van der Waals surface area (Å²) in [4.78, 5) is 17.0. The summed E-state index contributed by atoms with van der Waals surface area (Å²) in [6, 6.07) is 0.601. The largest absolute Gasteiger partial charge is 0.341 e. The van der Waals surface area contributed by atoms with Gasteiger partial charge in [-0.15, -0.1) is 0 Å². The van der Waals surface area contributed by atoms with Gasteiger partial charge in [0, 0.05) is 31.6 Å². The first-order valence-electron chi connectivity index (χ1n) is 7.69. The molecular weight excluding hydrogens is 238 g/mol. The summed E-state index contributed by atoms with van der Waals surface area (Å²) < 4.78 is 0. The van der Waals surface area contributed by atoms with Crippen molar-refractivity contribution in [1.82, 2.24) is 9.80 Å². The van der Waals surface area contributed by atoms with Crippen molar-refractivity contribution in [3.05, 3.63) is 0 Å². The topological polar surface area (TPSA) is 49.6 Å². The van der Waals surface area contributed by atoms with Gasteiger partial charge in [0.15, 0.2) is 0 Å². The normalized spacial score (nSPS) is 37.1. The van der Waals surface area contributed by atoms with Gasteiger partial charge in [0.1, 0.15) is 0 Å². The van der Waals surface area contributed by atoms with Gasteiger partial charge in [-0.2, -0.15) is 0 Å². The zero-order valence-corrected chi connectivity index (χ0v) is 12.6. The molecule has 1 saturated carbocycles. The summed E-state index contributed by atoms with van der Waals surface area (Å²) in [7, 11) is 4.13. The number of carbonyl (C=O) groups is 1. The number of nitrogens with zero attached hydrogens (tertiary/aromatic N) is 2. The number of amides is 1. The van der Waals surface area contributed by atoms with Gasteiger partial charge >= 0.3 is 0 Å². The Morgan fingerprint density at radius 3 is 2.74 bits per heavy atom. The SMILES string of the molecule is CC1CCC(N)CC1C(=O)N(C)C1CCCN(C)C1. The van der Waals surface area contributed by atoms with Crippen LogP contribution in [0.15, 0.2) is 0 Å². The van der Waals surface area contributed by atoms with Crippen LogP contribution in [0, 0.1) is 11.8 Å². The lowest BCUT2D eigenvalue weighted by molar-refractivity contribution is -0.140. The minimum absolute atomic E-state index is 0.140. The molecule has 0 spiro atoms. The first-order chi connectivity index (χ1) is 8.99. The highest BCUT2D eigenvalue weighted by Gasteiger charge is 2.35. The molecule has 2 aliphatic rings. The summed E-state index contributed by atoms with van der Waals surface area (Å²) in [5.74, 6) is 0.944. The van der Waals surface area contributed by atoms with Crippen LogP contribution in [0.1, 0.15) is 39.0 Å². The van der Waals surface area contributed by atoms with Crippen LogP contribution in [0.25, 0.3) is 0 Å². The Morgan fingerprint density at radius 1 is 1.32 bits per heavy atom. The Bertz CT molecular complexity index is 321. The molecule has 1 aliphatic carbocycles.